The van der Waals surface area contributed by atoms with Crippen LogP contribution in [-0.4, -0.2) is 17.6 Å². The van der Waals surface area contributed by atoms with Gasteiger partial charge in [-0.2, -0.15) is 5.26 Å². The van der Waals surface area contributed by atoms with Gasteiger partial charge in [0.1, 0.15) is 6.07 Å². The number of aliphatic carboxylic acids is 1. The third-order valence-corrected chi connectivity index (χ3v) is 3.47. The first-order valence-electron chi connectivity index (χ1n) is 5.79. The largest absolute Gasteiger partial charge is 0.481 e. The van der Waals surface area contributed by atoms with Crippen molar-refractivity contribution in [3.8, 4) is 6.07 Å². The number of rotatable bonds is 6. The second kappa shape index (κ2) is 7.10. The van der Waals surface area contributed by atoms with Gasteiger partial charge in [-0.3, -0.25) is 4.79 Å². The molecule has 19 heavy (non-hydrogen) atoms. The lowest BCUT2D eigenvalue weighted by Crippen LogP contribution is -2.13. The van der Waals surface area contributed by atoms with Crippen molar-refractivity contribution in [2.24, 2.45) is 5.92 Å². The number of halogens is 2. The number of carboxylic acid groups (broad SMARTS) is 1. The highest BCUT2D eigenvalue weighted by molar-refractivity contribution is 9.10. The Morgan fingerprint density at radius 1 is 1.63 bits per heavy atom. The Morgan fingerprint density at radius 3 is 2.89 bits per heavy atom. The summed E-state index contributed by atoms with van der Waals surface area (Å²) in [5.41, 5.74) is 0.537. The molecule has 1 unspecified atom stereocenters. The van der Waals surface area contributed by atoms with Gasteiger partial charge in [0.15, 0.2) is 5.82 Å². The van der Waals surface area contributed by atoms with Crippen LogP contribution in [0.15, 0.2) is 16.6 Å². The molecule has 0 heterocycles. The molecule has 0 radical (unpaired) electrons. The third kappa shape index (κ3) is 4.52. The minimum atomic E-state index is -0.834. The van der Waals surface area contributed by atoms with E-state index in [1.807, 2.05) is 13.0 Å². The zero-order chi connectivity index (χ0) is 14.4. The van der Waals surface area contributed by atoms with Gasteiger partial charge in [0.25, 0.3) is 0 Å². The molecule has 1 aromatic rings. The van der Waals surface area contributed by atoms with Crippen molar-refractivity contribution in [3.63, 3.8) is 0 Å². The maximum atomic E-state index is 13.9. The molecule has 0 saturated heterocycles. The Hall–Kier alpha value is -1.61. The van der Waals surface area contributed by atoms with E-state index >= 15 is 0 Å². The van der Waals surface area contributed by atoms with E-state index in [1.165, 1.54) is 12.1 Å². The van der Waals surface area contributed by atoms with Crippen LogP contribution in [0.3, 0.4) is 0 Å². The van der Waals surface area contributed by atoms with Gasteiger partial charge in [-0.1, -0.05) is 6.92 Å². The number of nitriles is 1. The molecule has 1 rings (SSSR count). The third-order valence-electron chi connectivity index (χ3n) is 2.69. The first kappa shape index (κ1) is 15.4. The first-order valence-corrected chi connectivity index (χ1v) is 6.58. The minimum absolute atomic E-state index is 0.0996. The predicted octanol–water partition coefficient (Wildman–Crippen LogP) is 3.37. The molecular formula is C13H14BrFN2O2. The summed E-state index contributed by atoms with van der Waals surface area (Å²) in [5.74, 6) is -1.23. The van der Waals surface area contributed by atoms with E-state index in [-0.39, 0.29) is 22.4 Å². The fourth-order valence-corrected chi connectivity index (χ4v) is 1.96. The van der Waals surface area contributed by atoms with Crippen molar-refractivity contribution >= 4 is 27.6 Å². The summed E-state index contributed by atoms with van der Waals surface area (Å²) in [7, 11) is 0. The molecule has 0 spiro atoms. The average molecular weight is 329 g/mol. The first-order chi connectivity index (χ1) is 8.95. The lowest BCUT2D eigenvalue weighted by atomic mass is 10.1. The lowest BCUT2D eigenvalue weighted by molar-refractivity contribution is -0.137. The number of carbonyl (C=O) groups is 1. The van der Waals surface area contributed by atoms with E-state index in [2.05, 4.69) is 21.2 Å². The van der Waals surface area contributed by atoms with Crippen molar-refractivity contribution in [1.82, 2.24) is 0 Å². The minimum Gasteiger partial charge on any atom is -0.481 e. The normalized spacial score (nSPS) is 11.7. The molecule has 1 atom stereocenters. The average Bonchev–Trinajstić information content (AvgIpc) is 2.38. The van der Waals surface area contributed by atoms with Gasteiger partial charge in [-0.15, -0.1) is 0 Å². The molecule has 1 aromatic carbocycles. The van der Waals surface area contributed by atoms with E-state index in [9.17, 15) is 9.18 Å². The van der Waals surface area contributed by atoms with Crippen molar-refractivity contribution in [1.29, 1.82) is 5.26 Å². The topological polar surface area (TPSA) is 73.1 Å². The molecule has 0 bridgehead atoms. The Balaban J connectivity index is 2.61. The number of hydrogen-bond acceptors (Lipinski definition) is 3. The van der Waals surface area contributed by atoms with Crippen LogP contribution in [0.4, 0.5) is 10.1 Å². The molecule has 0 aromatic heterocycles. The fraction of sp³-hybridized carbons (Fsp3) is 0.385. The quantitative estimate of drug-likeness (QED) is 0.839. The van der Waals surface area contributed by atoms with Gasteiger partial charge in [-0.05, 0) is 40.4 Å². The van der Waals surface area contributed by atoms with Crippen LogP contribution in [0, 0.1) is 23.1 Å². The molecule has 0 fully saturated rings. The maximum Gasteiger partial charge on any atom is 0.303 e. The number of nitrogens with zero attached hydrogens (tertiary/aromatic N) is 1. The summed E-state index contributed by atoms with van der Waals surface area (Å²) in [6.45, 7) is 2.37. The number of anilines is 1. The van der Waals surface area contributed by atoms with Crippen molar-refractivity contribution in [2.45, 2.75) is 19.8 Å². The molecule has 0 aliphatic heterocycles. The predicted molar refractivity (Wildman–Crippen MR) is 73.3 cm³/mol. The van der Waals surface area contributed by atoms with Gasteiger partial charge < -0.3 is 10.4 Å². The monoisotopic (exact) mass is 328 g/mol. The Bertz CT molecular complexity index is 514. The van der Waals surface area contributed by atoms with Crippen LogP contribution < -0.4 is 5.32 Å². The Morgan fingerprint density at radius 2 is 2.32 bits per heavy atom. The van der Waals surface area contributed by atoms with Crippen LogP contribution in [0.2, 0.25) is 0 Å². The Kier molecular flexibility index (Phi) is 5.77. The molecule has 0 saturated carbocycles. The highest BCUT2D eigenvalue weighted by atomic mass is 79.9. The van der Waals surface area contributed by atoms with Gasteiger partial charge >= 0.3 is 5.97 Å². The van der Waals surface area contributed by atoms with Crippen LogP contribution in [-0.2, 0) is 4.79 Å². The zero-order valence-electron chi connectivity index (χ0n) is 10.4. The van der Waals surface area contributed by atoms with Gasteiger partial charge in [0.2, 0.25) is 0 Å². The number of hydrogen-bond donors (Lipinski definition) is 2. The summed E-state index contributed by atoms with van der Waals surface area (Å²) < 4.78 is 14.0. The van der Waals surface area contributed by atoms with Crippen molar-refractivity contribution in [3.05, 3.63) is 28.0 Å². The molecular weight excluding hydrogens is 315 g/mol. The molecule has 0 amide bonds. The number of nitrogens with one attached hydrogen (secondary N) is 1. The molecule has 6 heteroatoms. The highest BCUT2D eigenvalue weighted by Crippen LogP contribution is 2.26. The highest BCUT2D eigenvalue weighted by Gasteiger charge is 2.12. The van der Waals surface area contributed by atoms with E-state index in [0.717, 1.165) is 0 Å². The van der Waals surface area contributed by atoms with E-state index in [0.29, 0.717) is 18.7 Å². The summed E-state index contributed by atoms with van der Waals surface area (Å²) in [4.78, 5) is 10.4. The second-order valence-electron chi connectivity index (χ2n) is 4.32. The molecule has 2 N–H and O–H groups in total. The molecule has 0 aliphatic rings. The standard InChI is InChI=1S/C13H14BrFN2O2/c1-8(2-5-11(18)19)7-17-10-4-3-9(6-16)12(14)13(10)15/h3-4,8,17H,2,5,7H2,1H3,(H,18,19). The van der Waals surface area contributed by atoms with Crippen LogP contribution in [0.25, 0.3) is 0 Å². The van der Waals surface area contributed by atoms with Crippen molar-refractivity contribution in [2.75, 3.05) is 11.9 Å². The Labute approximate surface area is 119 Å². The zero-order valence-corrected chi connectivity index (χ0v) is 12.0. The van der Waals surface area contributed by atoms with Crippen LogP contribution in [0.1, 0.15) is 25.3 Å². The van der Waals surface area contributed by atoms with E-state index in [4.69, 9.17) is 10.4 Å². The van der Waals surface area contributed by atoms with Gasteiger partial charge in [0, 0.05) is 13.0 Å². The summed E-state index contributed by atoms with van der Waals surface area (Å²) in [5, 5.41) is 20.2. The summed E-state index contributed by atoms with van der Waals surface area (Å²) >= 11 is 3.03. The maximum absolute atomic E-state index is 13.9. The van der Waals surface area contributed by atoms with Crippen molar-refractivity contribution < 1.29 is 14.3 Å². The SMILES string of the molecule is CC(CCC(=O)O)CNc1ccc(C#N)c(Br)c1F. The molecule has 0 aliphatic carbocycles. The van der Waals surface area contributed by atoms with E-state index in [1.54, 1.807) is 0 Å². The molecule has 102 valence electrons. The summed E-state index contributed by atoms with van der Waals surface area (Å²) in [6, 6.07) is 4.91. The second-order valence-corrected chi connectivity index (χ2v) is 5.11. The lowest BCUT2D eigenvalue weighted by Gasteiger charge is -2.14. The van der Waals surface area contributed by atoms with Gasteiger partial charge in [0.05, 0.1) is 15.7 Å². The molecule has 4 nitrogen and oxygen atoms in total. The number of benzene rings is 1. The van der Waals surface area contributed by atoms with Crippen LogP contribution in [0.5, 0.6) is 0 Å². The summed E-state index contributed by atoms with van der Waals surface area (Å²) in [6.07, 6.45) is 0.629. The number of carboxylic acids is 1. The van der Waals surface area contributed by atoms with Crippen LogP contribution >= 0.6 is 15.9 Å². The smallest absolute Gasteiger partial charge is 0.303 e. The van der Waals surface area contributed by atoms with Gasteiger partial charge in [-0.25, -0.2) is 4.39 Å². The van der Waals surface area contributed by atoms with E-state index < -0.39 is 11.8 Å². The fourth-order valence-electron chi connectivity index (χ4n) is 1.53.